The van der Waals surface area contributed by atoms with Gasteiger partial charge in [0, 0.05) is 5.56 Å². The normalized spacial score (nSPS) is 16.6. The number of nitro groups is 1. The molecule has 0 aliphatic carbocycles. The molecule has 3 rings (SSSR count). The third kappa shape index (κ3) is 2.29. The molecule has 2 heterocycles. The van der Waals surface area contributed by atoms with Gasteiger partial charge in [-0.2, -0.15) is 0 Å². The maximum absolute atomic E-state index is 11.2. The van der Waals surface area contributed by atoms with Gasteiger partial charge in [-0.3, -0.25) is 14.9 Å². The summed E-state index contributed by atoms with van der Waals surface area (Å²) in [5.74, 6) is -0.245. The minimum absolute atomic E-state index is 0.0524. The van der Waals surface area contributed by atoms with Gasteiger partial charge < -0.3 is 9.15 Å². The van der Waals surface area contributed by atoms with E-state index in [1.165, 1.54) is 12.1 Å². The number of furan rings is 1. The van der Waals surface area contributed by atoms with Gasteiger partial charge in [-0.05, 0) is 25.1 Å². The number of aliphatic imine (C=N–C) groups is 1. The van der Waals surface area contributed by atoms with Gasteiger partial charge in [0.05, 0.1) is 11.8 Å². The number of hydrogen-bond acceptors (Lipinski definition) is 6. The highest BCUT2D eigenvalue weighted by Gasteiger charge is 2.27. The van der Waals surface area contributed by atoms with Crippen LogP contribution < -0.4 is 0 Å². The first-order valence-corrected chi connectivity index (χ1v) is 6.14. The summed E-state index contributed by atoms with van der Waals surface area (Å²) >= 11 is 0. The zero-order valence-corrected chi connectivity index (χ0v) is 11.0. The zero-order chi connectivity index (χ0) is 15.0. The predicted molar refractivity (Wildman–Crippen MR) is 72.6 cm³/mol. The second-order valence-corrected chi connectivity index (χ2v) is 4.55. The van der Waals surface area contributed by atoms with E-state index in [-0.39, 0.29) is 11.7 Å². The molecule has 1 aliphatic heterocycles. The monoisotopic (exact) mass is 286 g/mol. The third-order valence-electron chi connectivity index (χ3n) is 3.06. The summed E-state index contributed by atoms with van der Waals surface area (Å²) in [6, 6.07) is 8.04. The molecule has 0 fully saturated rings. The van der Waals surface area contributed by atoms with Gasteiger partial charge in [0.1, 0.15) is 4.92 Å². The number of carbonyl (C=O) groups is 1. The lowest BCUT2D eigenvalue weighted by Crippen LogP contribution is -2.17. The highest BCUT2D eigenvalue weighted by molar-refractivity contribution is 5.96. The Morgan fingerprint density at radius 2 is 2.14 bits per heavy atom. The number of ether oxygens (including phenoxy) is 1. The summed E-state index contributed by atoms with van der Waals surface area (Å²) in [4.78, 5) is 25.4. The molecule has 7 heteroatoms. The number of benzene rings is 1. The van der Waals surface area contributed by atoms with Gasteiger partial charge in [0.2, 0.25) is 0 Å². The van der Waals surface area contributed by atoms with Crippen molar-refractivity contribution in [3.05, 3.63) is 57.3 Å². The predicted octanol–water partition coefficient (Wildman–Crippen LogP) is 2.84. The molecule has 0 radical (unpaired) electrons. The van der Waals surface area contributed by atoms with E-state index in [1.807, 2.05) is 19.1 Å². The Bertz CT molecular complexity index is 762. The van der Waals surface area contributed by atoms with Crippen LogP contribution in [0.2, 0.25) is 0 Å². The molecule has 1 aromatic heterocycles. The van der Waals surface area contributed by atoms with Crippen molar-refractivity contribution in [3.8, 4) is 0 Å². The largest absolute Gasteiger partial charge is 0.459 e. The lowest BCUT2D eigenvalue weighted by atomic mass is 10.0. The lowest BCUT2D eigenvalue weighted by Gasteiger charge is -2.21. The van der Waals surface area contributed by atoms with Gasteiger partial charge >= 0.3 is 5.88 Å². The van der Waals surface area contributed by atoms with Crippen molar-refractivity contribution in [3.63, 3.8) is 0 Å². The first-order valence-electron chi connectivity index (χ1n) is 6.14. The van der Waals surface area contributed by atoms with E-state index in [2.05, 4.69) is 4.99 Å². The van der Waals surface area contributed by atoms with Crippen molar-refractivity contribution in [1.82, 2.24) is 0 Å². The SMILES string of the molecule is Cc1ccc2c(c1)C(C=O)OC(c1ccc([N+](=O)[O-])o1)=N2. The van der Waals surface area contributed by atoms with E-state index < -0.39 is 16.9 Å². The third-order valence-corrected chi connectivity index (χ3v) is 3.06. The molecule has 1 aromatic carbocycles. The molecule has 21 heavy (non-hydrogen) atoms. The Balaban J connectivity index is 2.05. The van der Waals surface area contributed by atoms with Crippen LogP contribution in [-0.2, 0) is 9.53 Å². The zero-order valence-electron chi connectivity index (χ0n) is 11.0. The summed E-state index contributed by atoms with van der Waals surface area (Å²) in [7, 11) is 0. The van der Waals surface area contributed by atoms with Crippen molar-refractivity contribution < 1.29 is 18.9 Å². The van der Waals surface area contributed by atoms with E-state index >= 15 is 0 Å². The van der Waals surface area contributed by atoms with E-state index in [1.54, 1.807) is 6.07 Å². The van der Waals surface area contributed by atoms with Crippen molar-refractivity contribution in [1.29, 1.82) is 0 Å². The number of nitrogens with zero attached hydrogens (tertiary/aromatic N) is 2. The number of fused-ring (bicyclic) bond motifs is 1. The minimum Gasteiger partial charge on any atom is -0.459 e. The van der Waals surface area contributed by atoms with Crippen LogP contribution in [0.5, 0.6) is 0 Å². The fraction of sp³-hybridized carbons (Fsp3) is 0.143. The smallest absolute Gasteiger partial charge is 0.433 e. The van der Waals surface area contributed by atoms with Crippen molar-refractivity contribution >= 4 is 23.8 Å². The Kier molecular flexibility index (Phi) is 3.02. The Hall–Kier alpha value is -2.96. The van der Waals surface area contributed by atoms with Gasteiger partial charge in [-0.25, -0.2) is 4.99 Å². The second kappa shape index (κ2) is 4.86. The van der Waals surface area contributed by atoms with E-state index in [9.17, 15) is 14.9 Å². The van der Waals surface area contributed by atoms with E-state index in [4.69, 9.17) is 9.15 Å². The standard InChI is InChI=1S/C14H10N2O5/c1-8-2-3-10-9(6-8)12(7-17)21-14(15-10)11-4-5-13(20-11)16(18)19/h2-7,12H,1H3. The van der Waals surface area contributed by atoms with Crippen LogP contribution in [0.1, 0.15) is 23.0 Å². The minimum atomic E-state index is -0.809. The Morgan fingerprint density at radius 3 is 2.81 bits per heavy atom. The molecule has 0 saturated heterocycles. The van der Waals surface area contributed by atoms with Crippen LogP contribution in [0.15, 0.2) is 39.7 Å². The molecule has 106 valence electrons. The maximum atomic E-state index is 11.2. The van der Waals surface area contributed by atoms with Crippen LogP contribution >= 0.6 is 0 Å². The summed E-state index contributed by atoms with van der Waals surface area (Å²) in [5, 5.41) is 10.6. The number of aryl methyl sites for hydroxylation is 1. The highest BCUT2D eigenvalue weighted by Crippen LogP contribution is 2.34. The molecule has 0 saturated carbocycles. The average Bonchev–Trinajstić information content (AvgIpc) is 2.96. The Labute approximate surface area is 119 Å². The summed E-state index contributed by atoms with van der Waals surface area (Å²) in [6.07, 6.45) is -0.152. The second-order valence-electron chi connectivity index (χ2n) is 4.55. The van der Waals surface area contributed by atoms with Crippen LogP contribution in [0, 0.1) is 17.0 Å². The molecular weight excluding hydrogens is 276 g/mol. The number of carbonyl (C=O) groups excluding carboxylic acids is 1. The molecular formula is C14H10N2O5. The van der Waals surface area contributed by atoms with Crippen LogP contribution in [0.3, 0.4) is 0 Å². The van der Waals surface area contributed by atoms with Gasteiger partial charge in [0.25, 0.3) is 5.90 Å². The summed E-state index contributed by atoms with van der Waals surface area (Å²) in [5.41, 5.74) is 2.23. The molecule has 0 bridgehead atoms. The van der Waals surface area contributed by atoms with Crippen LogP contribution in [0.25, 0.3) is 0 Å². The number of hydrogen-bond donors (Lipinski definition) is 0. The van der Waals surface area contributed by atoms with Gasteiger partial charge in [0.15, 0.2) is 18.2 Å². The highest BCUT2D eigenvalue weighted by atomic mass is 16.6. The fourth-order valence-corrected chi connectivity index (χ4v) is 2.08. The van der Waals surface area contributed by atoms with E-state index in [0.717, 1.165) is 5.56 Å². The molecule has 7 nitrogen and oxygen atoms in total. The van der Waals surface area contributed by atoms with Gasteiger partial charge in [-0.15, -0.1) is 0 Å². The molecule has 1 aliphatic rings. The summed E-state index contributed by atoms with van der Waals surface area (Å²) < 4.78 is 10.5. The molecule has 2 aromatic rings. The quantitative estimate of drug-likeness (QED) is 0.491. The topological polar surface area (TPSA) is 94.9 Å². The Morgan fingerprint density at radius 1 is 1.33 bits per heavy atom. The molecule has 0 N–H and O–H groups in total. The van der Waals surface area contributed by atoms with Gasteiger partial charge in [-0.1, -0.05) is 11.6 Å². The lowest BCUT2D eigenvalue weighted by molar-refractivity contribution is -0.402. The molecule has 1 atom stereocenters. The molecule has 0 amide bonds. The van der Waals surface area contributed by atoms with Crippen LogP contribution in [0.4, 0.5) is 11.6 Å². The van der Waals surface area contributed by atoms with Crippen LogP contribution in [-0.4, -0.2) is 17.1 Å². The van der Waals surface area contributed by atoms with E-state index in [0.29, 0.717) is 17.5 Å². The van der Waals surface area contributed by atoms with Crippen molar-refractivity contribution in [2.75, 3.05) is 0 Å². The molecule has 1 unspecified atom stereocenters. The average molecular weight is 286 g/mol. The number of rotatable bonds is 3. The molecule has 0 spiro atoms. The summed E-state index contributed by atoms with van der Waals surface area (Å²) in [6.45, 7) is 1.90. The first-order chi connectivity index (χ1) is 10.1. The first kappa shape index (κ1) is 13.0. The van der Waals surface area contributed by atoms with Crippen molar-refractivity contribution in [2.24, 2.45) is 4.99 Å². The maximum Gasteiger partial charge on any atom is 0.433 e. The number of aldehydes is 1. The van der Waals surface area contributed by atoms with Crippen molar-refractivity contribution in [2.45, 2.75) is 13.0 Å². The fourth-order valence-electron chi connectivity index (χ4n) is 2.08.